The van der Waals surface area contributed by atoms with Gasteiger partial charge in [-0.1, -0.05) is 48.5 Å². The maximum Gasteiger partial charge on any atom is 0.257 e. The smallest absolute Gasteiger partial charge is 0.257 e. The van der Waals surface area contributed by atoms with Gasteiger partial charge in [0.25, 0.3) is 5.91 Å². The maximum absolute atomic E-state index is 14.2. The summed E-state index contributed by atoms with van der Waals surface area (Å²) in [4.78, 5) is 30.9. The molecule has 0 radical (unpaired) electrons. The van der Waals surface area contributed by atoms with Crippen LogP contribution < -0.4 is 9.64 Å². The Kier molecular flexibility index (Phi) is 9.14. The third-order valence-electron chi connectivity index (χ3n) is 10.5. The van der Waals surface area contributed by atoms with Gasteiger partial charge < -0.3 is 24.0 Å². The molecule has 8 rings (SSSR count). The van der Waals surface area contributed by atoms with Crippen LogP contribution in [0.3, 0.4) is 0 Å². The minimum atomic E-state index is -0.153. The molecule has 1 amide bonds. The van der Waals surface area contributed by atoms with E-state index in [2.05, 4.69) is 95.5 Å². The van der Waals surface area contributed by atoms with Crippen molar-refractivity contribution in [3.8, 4) is 11.4 Å². The van der Waals surface area contributed by atoms with E-state index in [9.17, 15) is 4.79 Å². The molecule has 0 N–H and O–H groups in total. The number of amides is 1. The van der Waals surface area contributed by atoms with E-state index < -0.39 is 0 Å². The van der Waals surface area contributed by atoms with Gasteiger partial charge in [0.15, 0.2) is 0 Å². The number of hydrogen-bond donors (Lipinski definition) is 0. The largest absolute Gasteiger partial charge is 0.496 e. The Bertz CT molecular complexity index is 2090. The average molecular weight is 683 g/mol. The van der Waals surface area contributed by atoms with E-state index >= 15 is 0 Å². The number of benzene rings is 3. The van der Waals surface area contributed by atoms with E-state index in [1.54, 1.807) is 17.9 Å². The zero-order valence-corrected chi connectivity index (χ0v) is 28.9. The minimum absolute atomic E-state index is 0.0430. The standard InChI is InChI=1S/C39H42N10O2/c1-51-36-16-15-32(49-29-41-43-44-49)26-33(36)37(50)47-23-18-39(28-47,30-10-3-2-4-11-30)17-22-45-20-9-21-46(25-24-45)38-42-34-13-5-6-14-35(34)48(38)27-31-12-7-8-19-40-31/h2-8,10-16,19,26,29H,9,17-18,20-25,27-28H2,1H3. The molecule has 0 aliphatic carbocycles. The summed E-state index contributed by atoms with van der Waals surface area (Å²) < 4.78 is 9.50. The van der Waals surface area contributed by atoms with E-state index in [-0.39, 0.29) is 11.3 Å². The Morgan fingerprint density at radius 1 is 0.902 bits per heavy atom. The zero-order valence-electron chi connectivity index (χ0n) is 28.9. The first-order valence-corrected chi connectivity index (χ1v) is 17.7. The van der Waals surface area contributed by atoms with Gasteiger partial charge in [-0.05, 0) is 90.8 Å². The molecule has 0 saturated carbocycles. The molecular formula is C39H42N10O2. The molecular weight excluding hydrogens is 640 g/mol. The number of carbonyl (C=O) groups is 1. The number of aromatic nitrogens is 7. The van der Waals surface area contributed by atoms with Crippen molar-refractivity contribution < 1.29 is 9.53 Å². The molecule has 0 bridgehead atoms. The molecule has 2 aliphatic rings. The first-order chi connectivity index (χ1) is 25.1. The van der Waals surface area contributed by atoms with Crippen LogP contribution in [0.25, 0.3) is 16.7 Å². The van der Waals surface area contributed by atoms with Crippen LogP contribution in [0.4, 0.5) is 5.95 Å². The van der Waals surface area contributed by atoms with Crippen molar-refractivity contribution in [2.45, 2.75) is 31.2 Å². The van der Waals surface area contributed by atoms with Crippen LogP contribution in [-0.4, -0.2) is 103 Å². The van der Waals surface area contributed by atoms with Crippen LogP contribution in [0.15, 0.2) is 104 Å². The van der Waals surface area contributed by atoms with Gasteiger partial charge >= 0.3 is 0 Å². The lowest BCUT2D eigenvalue weighted by Gasteiger charge is -2.33. The third kappa shape index (κ3) is 6.66. The first-order valence-electron chi connectivity index (χ1n) is 17.7. The van der Waals surface area contributed by atoms with E-state index in [4.69, 9.17) is 9.72 Å². The van der Waals surface area contributed by atoms with Gasteiger partial charge in [0.05, 0.1) is 41.6 Å². The summed E-state index contributed by atoms with van der Waals surface area (Å²) in [6.07, 6.45) is 6.28. The fourth-order valence-corrected chi connectivity index (χ4v) is 7.76. The number of nitrogens with zero attached hydrogens (tertiary/aromatic N) is 10. The Labute approximate surface area is 297 Å². The van der Waals surface area contributed by atoms with Gasteiger partial charge in [-0.25, -0.2) is 9.67 Å². The lowest BCUT2D eigenvalue weighted by Crippen LogP contribution is -2.39. The van der Waals surface area contributed by atoms with Crippen molar-refractivity contribution in [3.05, 3.63) is 120 Å². The van der Waals surface area contributed by atoms with Crippen LogP contribution >= 0.6 is 0 Å². The Hall–Kier alpha value is -5.62. The van der Waals surface area contributed by atoms with Crippen molar-refractivity contribution in [2.24, 2.45) is 0 Å². The molecule has 3 aromatic heterocycles. The average Bonchev–Trinajstić information content (AvgIpc) is 3.92. The summed E-state index contributed by atoms with van der Waals surface area (Å²) in [7, 11) is 1.60. The highest BCUT2D eigenvalue weighted by atomic mass is 16.5. The second kappa shape index (κ2) is 14.3. The SMILES string of the molecule is COc1ccc(-n2cnnn2)cc1C(=O)N1CCC(CCN2CCCN(c3nc4ccccc4n3Cc3ccccn3)CC2)(c2ccccc2)C1. The molecule has 2 saturated heterocycles. The molecule has 12 nitrogen and oxygen atoms in total. The van der Waals surface area contributed by atoms with Crippen molar-refractivity contribution in [1.82, 2.24) is 44.5 Å². The summed E-state index contributed by atoms with van der Waals surface area (Å²) >= 11 is 0. The number of anilines is 1. The quantitative estimate of drug-likeness (QED) is 0.200. The molecule has 3 aromatic carbocycles. The second-order valence-corrected chi connectivity index (χ2v) is 13.5. The molecule has 2 aliphatic heterocycles. The monoisotopic (exact) mass is 682 g/mol. The molecule has 0 spiro atoms. The molecule has 1 atom stereocenters. The second-order valence-electron chi connectivity index (χ2n) is 13.5. The number of imidazole rings is 1. The zero-order chi connectivity index (χ0) is 34.6. The number of ether oxygens (including phenoxy) is 1. The van der Waals surface area contributed by atoms with Crippen LogP contribution in [0.2, 0.25) is 0 Å². The number of methoxy groups -OCH3 is 1. The number of carbonyl (C=O) groups excluding carboxylic acids is 1. The Morgan fingerprint density at radius 3 is 2.59 bits per heavy atom. The first kappa shape index (κ1) is 32.6. The number of tetrazole rings is 1. The van der Waals surface area contributed by atoms with Gasteiger partial charge in [-0.15, -0.1) is 5.10 Å². The van der Waals surface area contributed by atoms with E-state index in [0.717, 1.165) is 74.7 Å². The van der Waals surface area contributed by atoms with Gasteiger partial charge in [-0.3, -0.25) is 9.78 Å². The van der Waals surface area contributed by atoms with Crippen LogP contribution in [0, 0.1) is 0 Å². The van der Waals surface area contributed by atoms with Crippen molar-refractivity contribution >= 4 is 22.9 Å². The number of rotatable bonds is 10. The van der Waals surface area contributed by atoms with Gasteiger partial charge in [-0.2, -0.15) is 0 Å². The molecule has 6 aromatic rings. The lowest BCUT2D eigenvalue weighted by atomic mass is 9.76. The predicted octanol–water partition coefficient (Wildman–Crippen LogP) is 4.85. The molecule has 2 fully saturated rings. The summed E-state index contributed by atoms with van der Waals surface area (Å²) in [5, 5.41) is 11.5. The summed E-state index contributed by atoms with van der Waals surface area (Å²) in [6, 6.07) is 30.7. The molecule has 12 heteroatoms. The van der Waals surface area contributed by atoms with Gasteiger partial charge in [0.2, 0.25) is 5.95 Å². The fraction of sp³-hybridized carbons (Fsp3) is 0.333. The van der Waals surface area contributed by atoms with Gasteiger partial charge in [0, 0.05) is 44.3 Å². The number of para-hydroxylation sites is 2. The highest BCUT2D eigenvalue weighted by Gasteiger charge is 2.42. The highest BCUT2D eigenvalue weighted by Crippen LogP contribution is 2.39. The normalized spacial score (nSPS) is 18.3. The van der Waals surface area contributed by atoms with E-state index in [1.165, 1.54) is 11.9 Å². The van der Waals surface area contributed by atoms with E-state index in [1.807, 2.05) is 35.4 Å². The lowest BCUT2D eigenvalue weighted by molar-refractivity contribution is 0.0777. The molecule has 260 valence electrons. The number of fused-ring (bicyclic) bond motifs is 1. The number of likely N-dealkylation sites (tertiary alicyclic amines) is 1. The van der Waals surface area contributed by atoms with Gasteiger partial charge in [0.1, 0.15) is 12.1 Å². The highest BCUT2D eigenvalue weighted by molar-refractivity contribution is 5.98. The minimum Gasteiger partial charge on any atom is -0.496 e. The predicted molar refractivity (Wildman–Crippen MR) is 195 cm³/mol. The fourth-order valence-electron chi connectivity index (χ4n) is 7.76. The van der Waals surface area contributed by atoms with Crippen molar-refractivity contribution in [1.29, 1.82) is 0 Å². The van der Waals surface area contributed by atoms with Crippen LogP contribution in [-0.2, 0) is 12.0 Å². The number of pyridine rings is 1. The molecule has 1 unspecified atom stereocenters. The topological polar surface area (TPSA) is 110 Å². The van der Waals surface area contributed by atoms with E-state index in [0.29, 0.717) is 36.6 Å². The summed E-state index contributed by atoms with van der Waals surface area (Å²) in [5.74, 6) is 1.50. The summed E-state index contributed by atoms with van der Waals surface area (Å²) in [6.45, 7) is 6.75. The van der Waals surface area contributed by atoms with Crippen LogP contribution in [0.1, 0.15) is 40.9 Å². The maximum atomic E-state index is 14.2. The molecule has 5 heterocycles. The Balaban J connectivity index is 0.987. The Morgan fingerprint density at radius 2 is 1.76 bits per heavy atom. The third-order valence-corrected chi connectivity index (χ3v) is 10.5. The summed E-state index contributed by atoms with van der Waals surface area (Å²) in [5.41, 5.74) is 5.51. The number of hydrogen-bond acceptors (Lipinski definition) is 9. The van der Waals surface area contributed by atoms with Crippen molar-refractivity contribution in [3.63, 3.8) is 0 Å². The molecule has 51 heavy (non-hydrogen) atoms. The van der Waals surface area contributed by atoms with Crippen LogP contribution in [0.5, 0.6) is 5.75 Å². The van der Waals surface area contributed by atoms with Crippen molar-refractivity contribution in [2.75, 3.05) is 57.8 Å².